The lowest BCUT2D eigenvalue weighted by atomic mass is 9.59. The zero-order chi connectivity index (χ0) is 15.8. The number of carbonyl (C=O) groups is 1. The van der Waals surface area contributed by atoms with E-state index in [1.807, 2.05) is 0 Å². The van der Waals surface area contributed by atoms with E-state index < -0.39 is 0 Å². The van der Waals surface area contributed by atoms with Gasteiger partial charge >= 0.3 is 0 Å². The number of ether oxygens (including phenoxy) is 1. The van der Waals surface area contributed by atoms with Gasteiger partial charge in [0.2, 0.25) is 5.91 Å². The van der Waals surface area contributed by atoms with Gasteiger partial charge in [0.05, 0.1) is 0 Å². The Bertz CT molecular complexity index is 692. The molecule has 0 fully saturated rings. The second-order valence-electron chi connectivity index (χ2n) is 6.52. The Kier molecular flexibility index (Phi) is 3.66. The SMILES string of the molecule is COCC(=O)NC[C@H]1CC2c3ccccc3C1c1ccccc12. The molecular weight excluding hydrogens is 286 g/mol. The van der Waals surface area contributed by atoms with E-state index in [1.165, 1.54) is 22.3 Å². The van der Waals surface area contributed by atoms with Gasteiger partial charge in [-0.1, -0.05) is 48.5 Å². The van der Waals surface area contributed by atoms with Gasteiger partial charge in [0.15, 0.2) is 0 Å². The number of hydrogen-bond acceptors (Lipinski definition) is 2. The van der Waals surface area contributed by atoms with Crippen LogP contribution in [0, 0.1) is 5.92 Å². The third-order valence-corrected chi connectivity index (χ3v) is 5.26. The van der Waals surface area contributed by atoms with Crippen LogP contribution in [0.5, 0.6) is 0 Å². The van der Waals surface area contributed by atoms with Crippen molar-refractivity contribution in [2.45, 2.75) is 18.3 Å². The van der Waals surface area contributed by atoms with Crippen LogP contribution in [-0.4, -0.2) is 26.2 Å². The highest BCUT2D eigenvalue weighted by molar-refractivity contribution is 5.77. The van der Waals surface area contributed by atoms with Crippen LogP contribution in [0.3, 0.4) is 0 Å². The molecule has 23 heavy (non-hydrogen) atoms. The maximum Gasteiger partial charge on any atom is 0.245 e. The zero-order valence-corrected chi connectivity index (χ0v) is 13.3. The number of carbonyl (C=O) groups excluding carboxylic acids is 1. The fraction of sp³-hybridized carbons (Fsp3) is 0.350. The first kappa shape index (κ1) is 14.5. The molecule has 0 radical (unpaired) electrons. The van der Waals surface area contributed by atoms with Crippen LogP contribution in [0.4, 0.5) is 0 Å². The first-order valence-electron chi connectivity index (χ1n) is 8.23. The third kappa shape index (κ3) is 2.36. The van der Waals surface area contributed by atoms with Gasteiger partial charge in [-0.05, 0) is 34.6 Å². The summed E-state index contributed by atoms with van der Waals surface area (Å²) in [4.78, 5) is 11.7. The molecule has 3 aliphatic carbocycles. The molecule has 1 N–H and O–H groups in total. The minimum Gasteiger partial charge on any atom is -0.375 e. The van der Waals surface area contributed by atoms with Gasteiger partial charge in [0, 0.05) is 25.5 Å². The van der Waals surface area contributed by atoms with Crippen LogP contribution in [0.15, 0.2) is 48.5 Å². The lowest BCUT2D eigenvalue weighted by molar-refractivity contribution is -0.124. The van der Waals surface area contributed by atoms with Crippen LogP contribution in [0.1, 0.15) is 40.5 Å². The van der Waals surface area contributed by atoms with Crippen molar-refractivity contribution in [2.75, 3.05) is 20.3 Å². The van der Waals surface area contributed by atoms with E-state index in [4.69, 9.17) is 4.74 Å². The number of benzene rings is 2. The predicted molar refractivity (Wildman–Crippen MR) is 89.6 cm³/mol. The summed E-state index contributed by atoms with van der Waals surface area (Å²) in [6.45, 7) is 0.847. The fourth-order valence-electron chi connectivity index (χ4n) is 4.39. The quantitative estimate of drug-likeness (QED) is 0.943. The third-order valence-electron chi connectivity index (χ3n) is 5.26. The van der Waals surface area contributed by atoms with Crippen molar-refractivity contribution < 1.29 is 9.53 Å². The van der Waals surface area contributed by atoms with Crippen molar-refractivity contribution in [1.82, 2.24) is 5.32 Å². The lowest BCUT2D eigenvalue weighted by Crippen LogP contribution is -2.40. The monoisotopic (exact) mass is 307 g/mol. The van der Waals surface area contributed by atoms with Crippen molar-refractivity contribution in [3.8, 4) is 0 Å². The molecular formula is C20H21NO2. The summed E-state index contributed by atoms with van der Waals surface area (Å²) < 4.78 is 4.91. The van der Waals surface area contributed by atoms with E-state index in [1.54, 1.807) is 7.11 Å². The normalized spacial score (nSPS) is 24.0. The standard InChI is InChI=1S/C20H21NO2/c1-23-12-19(22)21-11-13-10-18-14-6-2-4-8-16(14)20(13)17-9-5-3-7-15(17)18/h2-9,13,18,20H,10-12H2,1H3,(H,21,22)/t13-,18?,20?/m1/s1. The Labute approximate surface area is 136 Å². The van der Waals surface area contributed by atoms with Crippen molar-refractivity contribution >= 4 is 5.91 Å². The summed E-state index contributed by atoms with van der Waals surface area (Å²) in [5.41, 5.74) is 5.81. The second-order valence-corrected chi connectivity index (χ2v) is 6.52. The molecule has 118 valence electrons. The molecule has 0 saturated carbocycles. The van der Waals surface area contributed by atoms with E-state index in [0.29, 0.717) is 24.3 Å². The smallest absolute Gasteiger partial charge is 0.245 e. The maximum absolute atomic E-state index is 11.7. The van der Waals surface area contributed by atoms with E-state index in [0.717, 1.165) is 6.42 Å². The number of rotatable bonds is 4. The minimum atomic E-state index is -0.0319. The summed E-state index contributed by atoms with van der Waals surface area (Å²) in [5.74, 6) is 1.26. The summed E-state index contributed by atoms with van der Waals surface area (Å²) in [6.07, 6.45) is 1.10. The molecule has 2 bridgehead atoms. The molecule has 0 aliphatic heterocycles. The first-order valence-corrected chi connectivity index (χ1v) is 8.23. The molecule has 2 aromatic carbocycles. The second kappa shape index (κ2) is 5.82. The first-order chi connectivity index (χ1) is 11.3. The highest BCUT2D eigenvalue weighted by atomic mass is 16.5. The molecule has 1 atom stereocenters. The average molecular weight is 307 g/mol. The Balaban J connectivity index is 1.67. The van der Waals surface area contributed by atoms with Gasteiger partial charge in [-0.25, -0.2) is 0 Å². The summed E-state index contributed by atoms with van der Waals surface area (Å²) >= 11 is 0. The van der Waals surface area contributed by atoms with Crippen LogP contribution in [0.25, 0.3) is 0 Å². The molecule has 5 rings (SSSR count). The lowest BCUT2D eigenvalue weighted by Gasteiger charge is -2.45. The van der Waals surface area contributed by atoms with Gasteiger partial charge in [0.1, 0.15) is 6.61 Å². The molecule has 2 aromatic rings. The van der Waals surface area contributed by atoms with E-state index in [-0.39, 0.29) is 12.5 Å². The van der Waals surface area contributed by atoms with E-state index >= 15 is 0 Å². The van der Waals surface area contributed by atoms with Gasteiger partial charge in [-0.2, -0.15) is 0 Å². The number of nitrogens with one attached hydrogen (secondary N) is 1. The molecule has 0 aromatic heterocycles. The average Bonchev–Trinajstić information content (AvgIpc) is 2.60. The minimum absolute atomic E-state index is 0.0319. The van der Waals surface area contributed by atoms with E-state index in [9.17, 15) is 4.79 Å². The Hall–Kier alpha value is -2.13. The van der Waals surface area contributed by atoms with Crippen molar-refractivity contribution in [1.29, 1.82) is 0 Å². The van der Waals surface area contributed by atoms with Gasteiger partial charge < -0.3 is 10.1 Å². The van der Waals surface area contributed by atoms with Crippen LogP contribution < -0.4 is 5.32 Å². The molecule has 0 unspecified atom stereocenters. The zero-order valence-electron chi connectivity index (χ0n) is 13.3. The summed E-state index contributed by atoms with van der Waals surface area (Å²) in [6, 6.07) is 17.6. The van der Waals surface area contributed by atoms with Crippen molar-refractivity contribution in [3.05, 3.63) is 70.8 Å². The van der Waals surface area contributed by atoms with Crippen LogP contribution >= 0.6 is 0 Å². The van der Waals surface area contributed by atoms with Crippen LogP contribution in [-0.2, 0) is 9.53 Å². The molecule has 3 nitrogen and oxygen atoms in total. The Morgan fingerprint density at radius 1 is 1.04 bits per heavy atom. The molecule has 1 amide bonds. The van der Waals surface area contributed by atoms with Gasteiger partial charge in [-0.3, -0.25) is 4.79 Å². The topological polar surface area (TPSA) is 38.3 Å². The number of hydrogen-bond donors (Lipinski definition) is 1. The largest absolute Gasteiger partial charge is 0.375 e. The van der Waals surface area contributed by atoms with Crippen LogP contribution in [0.2, 0.25) is 0 Å². The number of fused-ring (bicyclic) bond motifs is 1. The predicted octanol–water partition coefficient (Wildman–Crippen LogP) is 3.05. The highest BCUT2D eigenvalue weighted by Crippen LogP contribution is 2.54. The van der Waals surface area contributed by atoms with Crippen molar-refractivity contribution in [2.24, 2.45) is 5.92 Å². The molecule has 0 saturated heterocycles. The number of methoxy groups -OCH3 is 1. The van der Waals surface area contributed by atoms with E-state index in [2.05, 4.69) is 53.8 Å². The summed E-state index contributed by atoms with van der Waals surface area (Å²) in [7, 11) is 1.55. The van der Waals surface area contributed by atoms with Gasteiger partial charge in [-0.15, -0.1) is 0 Å². The summed E-state index contributed by atoms with van der Waals surface area (Å²) in [5, 5.41) is 3.04. The van der Waals surface area contributed by atoms with Crippen molar-refractivity contribution in [3.63, 3.8) is 0 Å². The highest BCUT2D eigenvalue weighted by Gasteiger charge is 2.42. The Morgan fingerprint density at radius 2 is 1.61 bits per heavy atom. The molecule has 3 aliphatic rings. The molecule has 3 heteroatoms. The van der Waals surface area contributed by atoms with Gasteiger partial charge in [0.25, 0.3) is 0 Å². The molecule has 0 heterocycles. The Morgan fingerprint density at radius 3 is 2.17 bits per heavy atom. The maximum atomic E-state index is 11.7. The fourth-order valence-corrected chi connectivity index (χ4v) is 4.39. The number of amides is 1. The molecule has 0 spiro atoms.